The first kappa shape index (κ1) is 22.4. The summed E-state index contributed by atoms with van der Waals surface area (Å²) >= 11 is 0. The number of sulfonamides is 1. The first-order chi connectivity index (χ1) is 15.3. The second-order valence-corrected chi connectivity index (χ2v) is 10.4. The number of imidazole rings is 1. The highest BCUT2D eigenvalue weighted by molar-refractivity contribution is 7.89. The molecule has 1 amide bonds. The Morgan fingerprint density at radius 1 is 1.06 bits per heavy atom. The van der Waals surface area contributed by atoms with Gasteiger partial charge >= 0.3 is 0 Å². The molecule has 0 radical (unpaired) electrons. The first-order valence-electron chi connectivity index (χ1n) is 10.8. The van der Waals surface area contributed by atoms with Crippen LogP contribution in [0.3, 0.4) is 0 Å². The third-order valence-electron chi connectivity index (χ3n) is 5.84. The number of hydrogen-bond acceptors (Lipinski definition) is 5. The van der Waals surface area contributed by atoms with Crippen LogP contribution >= 0.6 is 0 Å². The Morgan fingerprint density at radius 2 is 1.75 bits per heavy atom. The van der Waals surface area contributed by atoms with Crippen molar-refractivity contribution in [2.24, 2.45) is 13.0 Å². The van der Waals surface area contributed by atoms with Crippen LogP contribution in [0.15, 0.2) is 53.4 Å². The Balaban J connectivity index is 1.43. The molecule has 1 saturated heterocycles. The number of benzene rings is 2. The number of piperazine rings is 1. The number of hydrogen-bond donors (Lipinski definition) is 1. The van der Waals surface area contributed by atoms with E-state index < -0.39 is 10.0 Å². The summed E-state index contributed by atoms with van der Waals surface area (Å²) in [4.78, 5) is 19.3. The molecular weight excluding hydrogens is 426 g/mol. The van der Waals surface area contributed by atoms with E-state index in [-0.39, 0.29) is 11.8 Å². The fraction of sp³-hybridized carbons (Fsp3) is 0.391. The lowest BCUT2D eigenvalue weighted by Gasteiger charge is -2.33. The third kappa shape index (κ3) is 4.55. The monoisotopic (exact) mass is 455 g/mol. The molecule has 1 aromatic heterocycles. The molecule has 32 heavy (non-hydrogen) atoms. The van der Waals surface area contributed by atoms with Gasteiger partial charge in [-0.1, -0.05) is 32.0 Å². The van der Waals surface area contributed by atoms with E-state index in [1.54, 1.807) is 28.6 Å². The smallest absolute Gasteiger partial charge is 0.243 e. The molecule has 1 N–H and O–H groups in total. The molecule has 1 aliphatic heterocycles. The number of rotatable bonds is 6. The van der Waals surface area contributed by atoms with Gasteiger partial charge in [-0.3, -0.25) is 9.69 Å². The Kier molecular flexibility index (Phi) is 6.32. The lowest BCUT2D eigenvalue weighted by molar-refractivity contribution is -0.118. The predicted octanol–water partition coefficient (Wildman–Crippen LogP) is 2.67. The molecule has 4 rings (SSSR count). The fourth-order valence-electron chi connectivity index (χ4n) is 3.82. The first-order valence-corrected chi connectivity index (χ1v) is 12.2. The summed E-state index contributed by atoms with van der Waals surface area (Å²) in [7, 11) is -1.48. The average molecular weight is 456 g/mol. The minimum atomic E-state index is -3.46. The molecule has 0 spiro atoms. The number of carbonyl (C=O) groups excluding carboxylic acids is 1. The lowest BCUT2D eigenvalue weighted by atomic mass is 10.2. The van der Waals surface area contributed by atoms with Crippen molar-refractivity contribution in [2.45, 2.75) is 25.3 Å². The number of carbonyl (C=O) groups is 1. The minimum Gasteiger partial charge on any atom is -0.330 e. The standard InChI is InChI=1S/C23H29N5O3S/c1-17(2)23(29)24-18-9-10-21-20(15-18)25-22(26(21)3)16-27-11-13-28(14-12-27)32(30,31)19-7-5-4-6-8-19/h4-10,15,17H,11-14,16H2,1-3H3,(H,24,29). The molecule has 170 valence electrons. The van der Waals surface area contributed by atoms with E-state index in [1.807, 2.05) is 45.2 Å². The van der Waals surface area contributed by atoms with Crippen LogP contribution < -0.4 is 5.32 Å². The van der Waals surface area contributed by atoms with Crippen LogP contribution in [0.4, 0.5) is 5.69 Å². The zero-order chi connectivity index (χ0) is 22.9. The van der Waals surface area contributed by atoms with Gasteiger partial charge in [0.2, 0.25) is 15.9 Å². The average Bonchev–Trinajstić information content (AvgIpc) is 3.09. The zero-order valence-corrected chi connectivity index (χ0v) is 19.5. The van der Waals surface area contributed by atoms with Gasteiger partial charge in [-0.25, -0.2) is 13.4 Å². The zero-order valence-electron chi connectivity index (χ0n) is 18.7. The van der Waals surface area contributed by atoms with E-state index in [0.717, 1.165) is 22.5 Å². The van der Waals surface area contributed by atoms with Gasteiger partial charge in [0.05, 0.1) is 22.5 Å². The molecule has 1 aliphatic rings. The highest BCUT2D eigenvalue weighted by Crippen LogP contribution is 2.22. The molecule has 0 unspecified atom stereocenters. The van der Waals surface area contributed by atoms with Gasteiger partial charge in [-0.2, -0.15) is 4.31 Å². The van der Waals surface area contributed by atoms with E-state index in [0.29, 0.717) is 37.6 Å². The van der Waals surface area contributed by atoms with E-state index in [9.17, 15) is 13.2 Å². The summed E-state index contributed by atoms with van der Waals surface area (Å²) in [5, 5.41) is 2.92. The van der Waals surface area contributed by atoms with Crippen molar-refractivity contribution in [3.05, 3.63) is 54.4 Å². The van der Waals surface area contributed by atoms with Gasteiger partial charge in [-0.05, 0) is 30.3 Å². The Bertz CT molecular complexity index is 1210. The van der Waals surface area contributed by atoms with Gasteiger partial charge in [0.25, 0.3) is 0 Å². The van der Waals surface area contributed by atoms with Crippen molar-refractivity contribution in [2.75, 3.05) is 31.5 Å². The van der Waals surface area contributed by atoms with Crippen molar-refractivity contribution in [3.63, 3.8) is 0 Å². The summed E-state index contributed by atoms with van der Waals surface area (Å²) in [6.45, 7) is 6.54. The van der Waals surface area contributed by atoms with Gasteiger partial charge in [0, 0.05) is 44.8 Å². The molecule has 2 heterocycles. The summed E-state index contributed by atoms with van der Waals surface area (Å²) in [5.41, 5.74) is 2.56. The minimum absolute atomic E-state index is 0.0242. The second kappa shape index (κ2) is 9.01. The van der Waals surface area contributed by atoms with Gasteiger partial charge < -0.3 is 9.88 Å². The fourth-order valence-corrected chi connectivity index (χ4v) is 5.27. The number of aromatic nitrogens is 2. The van der Waals surface area contributed by atoms with Crippen molar-refractivity contribution < 1.29 is 13.2 Å². The van der Waals surface area contributed by atoms with Crippen molar-refractivity contribution in [3.8, 4) is 0 Å². The van der Waals surface area contributed by atoms with Gasteiger partial charge in [0.1, 0.15) is 5.82 Å². The van der Waals surface area contributed by atoms with Crippen molar-refractivity contribution in [1.29, 1.82) is 0 Å². The maximum atomic E-state index is 12.8. The predicted molar refractivity (Wildman–Crippen MR) is 125 cm³/mol. The van der Waals surface area contributed by atoms with Crippen LogP contribution in [0.2, 0.25) is 0 Å². The number of amides is 1. The highest BCUT2D eigenvalue weighted by Gasteiger charge is 2.28. The van der Waals surface area contributed by atoms with Crippen LogP contribution in [-0.2, 0) is 28.4 Å². The third-order valence-corrected chi connectivity index (χ3v) is 7.76. The molecule has 9 heteroatoms. The van der Waals surface area contributed by atoms with Crippen LogP contribution in [0.1, 0.15) is 19.7 Å². The second-order valence-electron chi connectivity index (χ2n) is 8.43. The Morgan fingerprint density at radius 3 is 2.41 bits per heavy atom. The molecule has 3 aromatic rings. The topological polar surface area (TPSA) is 87.5 Å². The number of aryl methyl sites for hydroxylation is 1. The number of nitrogens with one attached hydrogen (secondary N) is 1. The van der Waals surface area contributed by atoms with E-state index in [4.69, 9.17) is 4.98 Å². The lowest BCUT2D eigenvalue weighted by Crippen LogP contribution is -2.48. The van der Waals surface area contributed by atoms with Gasteiger partial charge in [0.15, 0.2) is 0 Å². The molecule has 1 fully saturated rings. The molecule has 0 saturated carbocycles. The normalized spacial score (nSPS) is 16.0. The number of nitrogens with zero attached hydrogens (tertiary/aromatic N) is 4. The number of fused-ring (bicyclic) bond motifs is 1. The molecule has 2 aromatic carbocycles. The summed E-state index contributed by atoms with van der Waals surface area (Å²) < 4.78 is 29.3. The molecule has 8 nitrogen and oxygen atoms in total. The van der Waals surface area contributed by atoms with Gasteiger partial charge in [-0.15, -0.1) is 0 Å². The number of anilines is 1. The summed E-state index contributed by atoms with van der Waals surface area (Å²) in [6, 6.07) is 14.3. The molecular formula is C23H29N5O3S. The van der Waals surface area contributed by atoms with Crippen LogP contribution in [0.25, 0.3) is 11.0 Å². The Labute approximate surface area is 188 Å². The molecule has 0 atom stereocenters. The van der Waals surface area contributed by atoms with E-state index in [1.165, 1.54) is 0 Å². The SMILES string of the molecule is CC(C)C(=O)Nc1ccc2c(c1)nc(CN1CCN(S(=O)(=O)c3ccccc3)CC1)n2C. The summed E-state index contributed by atoms with van der Waals surface area (Å²) in [6.07, 6.45) is 0. The largest absolute Gasteiger partial charge is 0.330 e. The maximum Gasteiger partial charge on any atom is 0.243 e. The van der Waals surface area contributed by atoms with E-state index >= 15 is 0 Å². The maximum absolute atomic E-state index is 12.8. The van der Waals surface area contributed by atoms with Crippen LogP contribution in [0.5, 0.6) is 0 Å². The Hall–Kier alpha value is -2.75. The van der Waals surface area contributed by atoms with Crippen LogP contribution in [0, 0.1) is 5.92 Å². The van der Waals surface area contributed by atoms with Crippen molar-refractivity contribution >= 4 is 32.7 Å². The quantitative estimate of drug-likeness (QED) is 0.618. The molecule has 0 bridgehead atoms. The van der Waals surface area contributed by atoms with E-state index in [2.05, 4.69) is 14.8 Å². The highest BCUT2D eigenvalue weighted by atomic mass is 32.2. The summed E-state index contributed by atoms with van der Waals surface area (Å²) in [5.74, 6) is 0.796. The van der Waals surface area contributed by atoms with Crippen LogP contribution in [-0.4, -0.2) is 59.3 Å². The van der Waals surface area contributed by atoms with Crippen molar-refractivity contribution in [1.82, 2.24) is 18.8 Å². The molecule has 0 aliphatic carbocycles.